The normalized spacial score (nSPS) is 21.9. The average Bonchev–Trinajstić information content (AvgIpc) is 3.38. The number of halogens is 1. The summed E-state index contributed by atoms with van der Waals surface area (Å²) < 4.78 is 25.1. The monoisotopic (exact) mass is 452 g/mol. The van der Waals surface area contributed by atoms with E-state index >= 15 is 0 Å². The van der Waals surface area contributed by atoms with E-state index in [0.717, 1.165) is 54.0 Å². The van der Waals surface area contributed by atoms with Crippen LogP contribution in [-0.4, -0.2) is 54.6 Å². The molecule has 0 N–H and O–H groups in total. The van der Waals surface area contributed by atoms with Crippen molar-refractivity contribution in [3.63, 3.8) is 0 Å². The van der Waals surface area contributed by atoms with Gasteiger partial charge in [-0.25, -0.2) is 4.39 Å². The quantitative estimate of drug-likeness (QED) is 0.644. The zero-order chi connectivity index (χ0) is 22.6. The Bertz CT molecular complexity index is 1060. The first kappa shape index (κ1) is 22.1. The van der Waals surface area contributed by atoms with Crippen LogP contribution in [0, 0.1) is 0 Å². The maximum atomic E-state index is 13.0. The lowest BCUT2D eigenvalue weighted by Gasteiger charge is -2.36. The van der Waals surface area contributed by atoms with Crippen LogP contribution >= 0.6 is 0 Å². The van der Waals surface area contributed by atoms with Crippen LogP contribution in [0.3, 0.4) is 0 Å². The number of rotatable bonds is 7. The van der Waals surface area contributed by atoms with Crippen molar-refractivity contribution in [3.8, 4) is 11.5 Å². The number of ether oxygens (including phenoxy) is 2. The van der Waals surface area contributed by atoms with Gasteiger partial charge in [-0.1, -0.05) is 12.8 Å². The summed E-state index contributed by atoms with van der Waals surface area (Å²) in [7, 11) is 0. The van der Waals surface area contributed by atoms with Gasteiger partial charge in [-0.05, 0) is 50.8 Å². The molecular formula is C26H33FN4O2. The van der Waals surface area contributed by atoms with Crippen LogP contribution in [0.15, 0.2) is 41.7 Å². The molecule has 2 aromatic rings. The molecule has 1 saturated heterocycles. The van der Waals surface area contributed by atoms with E-state index in [1.807, 2.05) is 42.3 Å². The highest BCUT2D eigenvalue weighted by molar-refractivity contribution is 5.68. The van der Waals surface area contributed by atoms with E-state index < -0.39 is 6.67 Å². The van der Waals surface area contributed by atoms with E-state index in [-0.39, 0.29) is 18.9 Å². The van der Waals surface area contributed by atoms with Crippen LogP contribution in [0.2, 0.25) is 0 Å². The van der Waals surface area contributed by atoms with Crippen LogP contribution in [0.25, 0.3) is 6.20 Å². The van der Waals surface area contributed by atoms with E-state index in [2.05, 4.69) is 9.88 Å². The highest BCUT2D eigenvalue weighted by Gasteiger charge is 2.28. The van der Waals surface area contributed by atoms with Gasteiger partial charge in [0.2, 0.25) is 0 Å². The van der Waals surface area contributed by atoms with Gasteiger partial charge in [0.05, 0.1) is 11.0 Å². The summed E-state index contributed by atoms with van der Waals surface area (Å²) in [6.45, 7) is 3.71. The summed E-state index contributed by atoms with van der Waals surface area (Å²) >= 11 is 0. The largest absolute Gasteiger partial charge is 0.490 e. The average molecular weight is 453 g/mol. The Kier molecular flexibility index (Phi) is 6.76. The first-order chi connectivity index (χ1) is 16.2. The Morgan fingerprint density at radius 2 is 1.91 bits per heavy atom. The summed E-state index contributed by atoms with van der Waals surface area (Å²) in [5.41, 5.74) is 0.845. The number of fused-ring (bicyclic) bond motifs is 1. The molecule has 1 unspecified atom stereocenters. The molecule has 3 aliphatic rings. The third-order valence-electron chi connectivity index (χ3n) is 7.00. The van der Waals surface area contributed by atoms with Gasteiger partial charge in [-0.3, -0.25) is 9.98 Å². The third kappa shape index (κ3) is 4.98. The molecule has 33 heavy (non-hydrogen) atoms. The Morgan fingerprint density at radius 1 is 1.09 bits per heavy atom. The number of aromatic nitrogens is 1. The second-order valence-electron chi connectivity index (χ2n) is 9.19. The van der Waals surface area contributed by atoms with E-state index in [1.54, 1.807) is 12.4 Å². The summed E-state index contributed by atoms with van der Waals surface area (Å²) in [5, 5.41) is 1.87. The number of nitrogens with zero attached hydrogens (tertiary/aromatic N) is 4. The predicted octanol–water partition coefficient (Wildman–Crippen LogP) is 3.44. The fourth-order valence-corrected chi connectivity index (χ4v) is 5.27. The number of hydrogen-bond acceptors (Lipinski definition) is 6. The minimum Gasteiger partial charge on any atom is -0.490 e. The molecule has 0 radical (unpaired) electrons. The molecule has 7 heteroatoms. The Morgan fingerprint density at radius 3 is 2.70 bits per heavy atom. The number of alkyl halides is 1. The predicted molar refractivity (Wildman–Crippen MR) is 127 cm³/mol. The van der Waals surface area contributed by atoms with Crippen molar-refractivity contribution in [2.45, 2.75) is 63.8 Å². The lowest BCUT2D eigenvalue weighted by Crippen LogP contribution is -2.43. The van der Waals surface area contributed by atoms with Crippen molar-refractivity contribution in [2.24, 2.45) is 4.99 Å². The maximum absolute atomic E-state index is 13.0. The maximum Gasteiger partial charge on any atom is 0.146 e. The number of likely N-dealkylation sites (tertiary alicyclic amines) is 1. The smallest absolute Gasteiger partial charge is 0.146 e. The minimum absolute atomic E-state index is 0.00768. The Labute approximate surface area is 194 Å². The zero-order valence-corrected chi connectivity index (χ0v) is 19.3. The van der Waals surface area contributed by atoms with Gasteiger partial charge in [0.1, 0.15) is 37.1 Å². The van der Waals surface area contributed by atoms with Gasteiger partial charge in [0.25, 0.3) is 0 Å². The van der Waals surface area contributed by atoms with E-state index in [9.17, 15) is 4.39 Å². The van der Waals surface area contributed by atoms with Gasteiger partial charge >= 0.3 is 0 Å². The standard InChI is InChI=1S/C26H33FN4O2/c1-19-29-24-8-12-28-17-20(24)18-31(19)25-7-6-23(16-26(25)32-15-11-27)33-22-9-13-30(14-10-22)21-4-2-3-5-21/h6-8,12,16-19,21-22H,2-5,9-11,13-15H2,1H3. The van der Waals surface area contributed by atoms with Crippen molar-refractivity contribution in [1.29, 1.82) is 0 Å². The fraction of sp³-hybridized carbons (Fsp3) is 0.538. The SMILES string of the molecule is CC1N=c2ccncc2=CN1c1ccc(OC2CCN(C3CCCC3)CC2)cc1OCCF. The van der Waals surface area contributed by atoms with E-state index in [4.69, 9.17) is 14.5 Å². The van der Waals surface area contributed by atoms with Crippen molar-refractivity contribution < 1.29 is 13.9 Å². The molecule has 1 saturated carbocycles. The fourth-order valence-electron chi connectivity index (χ4n) is 5.27. The second-order valence-corrected chi connectivity index (χ2v) is 9.19. The highest BCUT2D eigenvalue weighted by Crippen LogP contribution is 2.36. The van der Waals surface area contributed by atoms with Gasteiger partial charge in [0.15, 0.2) is 0 Å². The molecule has 1 aliphatic carbocycles. The van der Waals surface area contributed by atoms with Crippen molar-refractivity contribution in [3.05, 3.63) is 47.2 Å². The van der Waals surface area contributed by atoms with Crippen molar-refractivity contribution in [2.75, 3.05) is 31.3 Å². The van der Waals surface area contributed by atoms with Crippen molar-refractivity contribution >= 4 is 11.9 Å². The minimum atomic E-state index is -0.541. The molecule has 2 fully saturated rings. The molecule has 0 spiro atoms. The Hall–Kier alpha value is -2.67. The van der Waals surface area contributed by atoms with Crippen LogP contribution < -0.4 is 24.9 Å². The zero-order valence-electron chi connectivity index (χ0n) is 19.3. The molecule has 1 aromatic carbocycles. The van der Waals surface area contributed by atoms with Gasteiger partial charge in [0, 0.05) is 49.0 Å². The number of piperidine rings is 1. The summed E-state index contributed by atoms with van der Waals surface area (Å²) in [4.78, 5) is 13.7. The molecule has 176 valence electrons. The van der Waals surface area contributed by atoms with E-state index in [0.29, 0.717) is 5.75 Å². The molecule has 0 amide bonds. The van der Waals surface area contributed by atoms with Crippen molar-refractivity contribution in [1.82, 2.24) is 9.88 Å². The number of anilines is 1. The van der Waals surface area contributed by atoms with Gasteiger partial charge < -0.3 is 19.3 Å². The van der Waals surface area contributed by atoms with Crippen LogP contribution in [0.4, 0.5) is 10.1 Å². The topological polar surface area (TPSA) is 50.2 Å². The highest BCUT2D eigenvalue weighted by atomic mass is 19.1. The molecular weight excluding hydrogens is 419 g/mol. The van der Waals surface area contributed by atoms with Gasteiger partial charge in [-0.2, -0.15) is 0 Å². The third-order valence-corrected chi connectivity index (χ3v) is 7.00. The first-order valence-electron chi connectivity index (χ1n) is 12.2. The van der Waals surface area contributed by atoms with Crippen LogP contribution in [0.1, 0.15) is 45.4 Å². The summed E-state index contributed by atoms with van der Waals surface area (Å²) in [6.07, 6.45) is 13.2. The lowest BCUT2D eigenvalue weighted by molar-refractivity contribution is 0.0766. The molecule has 1 aromatic heterocycles. The summed E-state index contributed by atoms with van der Waals surface area (Å²) in [6, 6.07) is 8.56. The molecule has 5 rings (SSSR count). The number of benzene rings is 1. The van der Waals surface area contributed by atoms with Gasteiger partial charge in [-0.15, -0.1) is 0 Å². The van der Waals surface area contributed by atoms with Crippen LogP contribution in [0.5, 0.6) is 11.5 Å². The first-order valence-corrected chi connectivity index (χ1v) is 12.2. The Balaban J connectivity index is 1.32. The molecule has 0 bridgehead atoms. The molecule has 3 heterocycles. The molecule has 2 aliphatic heterocycles. The lowest BCUT2D eigenvalue weighted by atomic mass is 10.0. The molecule has 6 nitrogen and oxygen atoms in total. The summed E-state index contributed by atoms with van der Waals surface area (Å²) in [5.74, 6) is 1.38. The van der Waals surface area contributed by atoms with E-state index in [1.165, 1.54) is 25.7 Å². The number of pyridine rings is 1. The second kappa shape index (κ2) is 10.1. The number of hydrogen-bond donors (Lipinski definition) is 0. The van der Waals surface area contributed by atoms with Crippen LogP contribution in [-0.2, 0) is 0 Å². The molecule has 1 atom stereocenters.